The van der Waals surface area contributed by atoms with E-state index in [1.54, 1.807) is 17.8 Å². The lowest BCUT2D eigenvalue weighted by Crippen LogP contribution is -2.29. The molecule has 0 aliphatic heterocycles. The second kappa shape index (κ2) is 8.84. The van der Waals surface area contributed by atoms with Gasteiger partial charge in [-0.25, -0.2) is 4.98 Å². The molecule has 1 atom stereocenters. The second-order valence-corrected chi connectivity index (χ2v) is 5.91. The third kappa shape index (κ3) is 5.41. The van der Waals surface area contributed by atoms with Crippen molar-refractivity contribution in [2.24, 2.45) is 5.92 Å². The van der Waals surface area contributed by atoms with E-state index >= 15 is 0 Å². The Bertz CT molecular complexity index is 437. The second-order valence-electron chi connectivity index (χ2n) is 5.00. The molecule has 20 heavy (non-hydrogen) atoms. The van der Waals surface area contributed by atoms with Crippen molar-refractivity contribution < 1.29 is 4.79 Å². The van der Waals surface area contributed by atoms with Gasteiger partial charge in [0.25, 0.3) is 5.91 Å². The minimum Gasteiger partial charge on any atom is -0.373 e. The number of rotatable bonds is 8. The van der Waals surface area contributed by atoms with Gasteiger partial charge in [0.05, 0.1) is 0 Å². The van der Waals surface area contributed by atoms with Crippen LogP contribution in [0, 0.1) is 5.92 Å². The highest BCUT2D eigenvalue weighted by atomic mass is 32.2. The number of thioether (sulfide) groups is 1. The summed E-state index contributed by atoms with van der Waals surface area (Å²) in [7, 11) is 1.82. The van der Waals surface area contributed by atoms with Crippen molar-refractivity contribution in [2.45, 2.75) is 26.7 Å². The van der Waals surface area contributed by atoms with Gasteiger partial charge in [0.2, 0.25) is 0 Å². The van der Waals surface area contributed by atoms with E-state index < -0.39 is 0 Å². The van der Waals surface area contributed by atoms with E-state index in [-0.39, 0.29) is 5.91 Å². The molecule has 112 valence electrons. The Kier molecular flexibility index (Phi) is 7.44. The largest absolute Gasteiger partial charge is 0.373 e. The van der Waals surface area contributed by atoms with Gasteiger partial charge >= 0.3 is 0 Å². The van der Waals surface area contributed by atoms with Gasteiger partial charge in [-0.3, -0.25) is 4.79 Å². The Morgan fingerprint density at radius 1 is 1.45 bits per heavy atom. The van der Waals surface area contributed by atoms with Gasteiger partial charge in [0, 0.05) is 24.8 Å². The van der Waals surface area contributed by atoms with Gasteiger partial charge in [-0.15, -0.1) is 0 Å². The van der Waals surface area contributed by atoms with Crippen molar-refractivity contribution in [1.29, 1.82) is 0 Å². The maximum absolute atomic E-state index is 12.2. The maximum Gasteiger partial charge on any atom is 0.251 e. The number of aromatic nitrogens is 1. The van der Waals surface area contributed by atoms with Crippen molar-refractivity contribution in [3.63, 3.8) is 0 Å². The summed E-state index contributed by atoms with van der Waals surface area (Å²) >= 11 is 1.80. The highest BCUT2D eigenvalue weighted by Gasteiger charge is 2.10. The maximum atomic E-state index is 12.2. The summed E-state index contributed by atoms with van der Waals surface area (Å²) in [5, 5.41) is 6.01. The summed E-state index contributed by atoms with van der Waals surface area (Å²) in [6.07, 6.45) is 3.99. The topological polar surface area (TPSA) is 54.0 Å². The van der Waals surface area contributed by atoms with Crippen LogP contribution in [-0.2, 0) is 6.42 Å². The summed E-state index contributed by atoms with van der Waals surface area (Å²) in [4.78, 5) is 16.7. The van der Waals surface area contributed by atoms with E-state index in [2.05, 4.69) is 35.7 Å². The molecule has 0 saturated heterocycles. The highest BCUT2D eigenvalue weighted by Crippen LogP contribution is 2.12. The highest BCUT2D eigenvalue weighted by molar-refractivity contribution is 7.98. The first-order valence-corrected chi connectivity index (χ1v) is 8.45. The van der Waals surface area contributed by atoms with Crippen LogP contribution in [0.4, 0.5) is 5.82 Å². The molecule has 0 saturated carbocycles. The third-order valence-corrected chi connectivity index (χ3v) is 3.87. The number of nitrogens with zero attached hydrogens (tertiary/aromatic N) is 1. The molecule has 1 aromatic heterocycles. The van der Waals surface area contributed by atoms with Crippen LogP contribution in [0.5, 0.6) is 0 Å². The SMILES string of the molecule is CCCc1cc(C(=O)NCC(C)CSC)cc(NC)n1. The Morgan fingerprint density at radius 3 is 2.80 bits per heavy atom. The molecular weight excluding hydrogens is 270 g/mol. The minimum absolute atomic E-state index is 0.0193. The number of hydrogen-bond acceptors (Lipinski definition) is 4. The summed E-state index contributed by atoms with van der Waals surface area (Å²) in [6.45, 7) is 4.96. The van der Waals surface area contributed by atoms with Crippen molar-refractivity contribution in [1.82, 2.24) is 10.3 Å². The first kappa shape index (κ1) is 16.8. The zero-order valence-corrected chi connectivity index (χ0v) is 13.6. The molecule has 0 fully saturated rings. The normalized spacial score (nSPS) is 12.0. The van der Waals surface area contributed by atoms with E-state index in [9.17, 15) is 4.79 Å². The van der Waals surface area contributed by atoms with Crippen molar-refractivity contribution in [3.05, 3.63) is 23.4 Å². The fraction of sp³-hybridized carbons (Fsp3) is 0.600. The number of aryl methyl sites for hydroxylation is 1. The fourth-order valence-electron chi connectivity index (χ4n) is 1.94. The monoisotopic (exact) mass is 295 g/mol. The Hall–Kier alpha value is -1.23. The van der Waals surface area contributed by atoms with Crippen molar-refractivity contribution in [2.75, 3.05) is 30.9 Å². The van der Waals surface area contributed by atoms with Gasteiger partial charge in [0.1, 0.15) is 5.82 Å². The lowest BCUT2D eigenvalue weighted by Gasteiger charge is -2.12. The van der Waals surface area contributed by atoms with Gasteiger partial charge in [-0.1, -0.05) is 20.3 Å². The van der Waals surface area contributed by atoms with Crippen molar-refractivity contribution in [3.8, 4) is 0 Å². The molecule has 4 nitrogen and oxygen atoms in total. The Balaban J connectivity index is 2.73. The number of carbonyl (C=O) groups excluding carboxylic acids is 1. The van der Waals surface area contributed by atoms with Crippen LogP contribution in [0.3, 0.4) is 0 Å². The lowest BCUT2D eigenvalue weighted by atomic mass is 10.1. The van der Waals surface area contributed by atoms with Crippen LogP contribution in [0.1, 0.15) is 36.3 Å². The number of pyridine rings is 1. The van der Waals surface area contributed by atoms with Crippen LogP contribution in [0.25, 0.3) is 0 Å². The fourth-order valence-corrected chi connectivity index (χ4v) is 2.63. The number of carbonyl (C=O) groups is 1. The van der Waals surface area contributed by atoms with Crippen LogP contribution in [-0.4, -0.2) is 36.5 Å². The molecular formula is C15H25N3OS. The lowest BCUT2D eigenvalue weighted by molar-refractivity contribution is 0.0949. The van der Waals surface area contributed by atoms with E-state index in [1.807, 2.05) is 13.1 Å². The molecule has 0 spiro atoms. The quantitative estimate of drug-likeness (QED) is 0.774. The summed E-state index contributed by atoms with van der Waals surface area (Å²) in [5.41, 5.74) is 1.64. The molecule has 0 aromatic carbocycles. The van der Waals surface area contributed by atoms with Crippen molar-refractivity contribution >= 4 is 23.5 Å². The molecule has 1 rings (SSSR count). The van der Waals surface area contributed by atoms with Crippen LogP contribution < -0.4 is 10.6 Å². The number of anilines is 1. The summed E-state index contributed by atoms with van der Waals surface area (Å²) in [6, 6.07) is 3.69. The smallest absolute Gasteiger partial charge is 0.251 e. The Morgan fingerprint density at radius 2 is 2.20 bits per heavy atom. The predicted octanol–water partition coefficient (Wildman–Crippen LogP) is 2.80. The molecule has 1 heterocycles. The van der Waals surface area contributed by atoms with Gasteiger partial charge in [-0.05, 0) is 36.5 Å². The van der Waals surface area contributed by atoms with Gasteiger partial charge in [0.15, 0.2) is 0 Å². The van der Waals surface area contributed by atoms with Crippen LogP contribution in [0.15, 0.2) is 12.1 Å². The molecule has 0 bridgehead atoms. The number of hydrogen-bond donors (Lipinski definition) is 2. The minimum atomic E-state index is -0.0193. The molecule has 2 N–H and O–H groups in total. The molecule has 1 amide bonds. The standard InChI is InChI=1S/C15H25N3OS/c1-5-6-13-7-12(8-14(16-3)18-13)15(19)17-9-11(2)10-20-4/h7-8,11H,5-6,9-10H2,1-4H3,(H,16,18)(H,17,19). The van der Waals surface area contributed by atoms with E-state index in [1.165, 1.54) is 0 Å². The zero-order chi connectivity index (χ0) is 15.0. The molecule has 0 radical (unpaired) electrons. The van der Waals surface area contributed by atoms with Gasteiger partial charge < -0.3 is 10.6 Å². The predicted molar refractivity (Wildman–Crippen MR) is 87.7 cm³/mol. The molecule has 5 heteroatoms. The third-order valence-electron chi connectivity index (χ3n) is 2.97. The summed E-state index contributed by atoms with van der Waals surface area (Å²) in [5.74, 6) is 2.27. The van der Waals surface area contributed by atoms with Crippen LogP contribution in [0.2, 0.25) is 0 Å². The van der Waals surface area contributed by atoms with E-state index in [0.717, 1.165) is 30.1 Å². The molecule has 1 unspecified atom stereocenters. The zero-order valence-electron chi connectivity index (χ0n) is 12.8. The average molecular weight is 295 g/mol. The average Bonchev–Trinajstić information content (AvgIpc) is 2.45. The van der Waals surface area contributed by atoms with E-state index in [0.29, 0.717) is 18.0 Å². The Labute approximate surface area is 126 Å². The first-order chi connectivity index (χ1) is 9.60. The van der Waals surface area contributed by atoms with E-state index in [4.69, 9.17) is 0 Å². The number of amides is 1. The van der Waals surface area contributed by atoms with Crippen LogP contribution >= 0.6 is 11.8 Å². The number of nitrogens with one attached hydrogen (secondary N) is 2. The van der Waals surface area contributed by atoms with Gasteiger partial charge in [-0.2, -0.15) is 11.8 Å². The first-order valence-electron chi connectivity index (χ1n) is 7.06. The summed E-state index contributed by atoms with van der Waals surface area (Å²) < 4.78 is 0. The molecule has 0 aliphatic carbocycles. The molecule has 1 aromatic rings. The molecule has 0 aliphatic rings.